The van der Waals surface area contributed by atoms with Crippen LogP contribution in [-0.2, 0) is 4.79 Å². The van der Waals surface area contributed by atoms with Gasteiger partial charge in [-0.2, -0.15) is 0 Å². The first-order chi connectivity index (χ1) is 10.1. The van der Waals surface area contributed by atoms with Crippen LogP contribution < -0.4 is 5.32 Å². The van der Waals surface area contributed by atoms with Crippen LogP contribution in [0.1, 0.15) is 19.3 Å². The third kappa shape index (κ3) is 4.67. The molecule has 0 saturated carbocycles. The highest BCUT2D eigenvalue weighted by molar-refractivity contribution is 7.98. The lowest BCUT2D eigenvalue weighted by molar-refractivity contribution is -0.138. The Morgan fingerprint density at radius 2 is 2.10 bits per heavy atom. The number of carboxylic acid groups (broad SMARTS) is 1. The lowest BCUT2D eigenvalue weighted by Gasteiger charge is -2.32. The standard InChI is InChI=1S/C15H20N2O3S/c1-21-13-6-4-12(5-7-13)16-15(20)17-8-2-3-11(10-17)9-14(18)19/h4-7,11H,2-3,8-10H2,1H3,(H,16,20)(H,18,19). The first-order valence-electron chi connectivity index (χ1n) is 7.00. The summed E-state index contributed by atoms with van der Waals surface area (Å²) in [7, 11) is 0. The highest BCUT2D eigenvalue weighted by Gasteiger charge is 2.25. The molecule has 1 unspecified atom stereocenters. The van der Waals surface area contributed by atoms with Gasteiger partial charge in [0.1, 0.15) is 0 Å². The van der Waals surface area contributed by atoms with Crippen molar-refractivity contribution in [2.75, 3.05) is 24.7 Å². The number of likely N-dealkylation sites (tertiary alicyclic amines) is 1. The summed E-state index contributed by atoms with van der Waals surface area (Å²) in [6, 6.07) is 7.53. The van der Waals surface area contributed by atoms with E-state index < -0.39 is 5.97 Å². The minimum atomic E-state index is -0.796. The van der Waals surface area contributed by atoms with Crippen LogP contribution in [0, 0.1) is 5.92 Å². The third-order valence-electron chi connectivity index (χ3n) is 3.61. The van der Waals surface area contributed by atoms with Crippen LogP contribution in [0.15, 0.2) is 29.2 Å². The first-order valence-corrected chi connectivity index (χ1v) is 8.22. The van der Waals surface area contributed by atoms with Crippen molar-refractivity contribution in [2.24, 2.45) is 5.92 Å². The highest BCUT2D eigenvalue weighted by Crippen LogP contribution is 2.21. The summed E-state index contributed by atoms with van der Waals surface area (Å²) in [4.78, 5) is 25.8. The van der Waals surface area contributed by atoms with E-state index in [1.54, 1.807) is 16.7 Å². The number of urea groups is 1. The Morgan fingerprint density at radius 3 is 2.71 bits per heavy atom. The molecule has 21 heavy (non-hydrogen) atoms. The number of nitrogens with one attached hydrogen (secondary N) is 1. The van der Waals surface area contributed by atoms with Crippen molar-refractivity contribution in [1.29, 1.82) is 0 Å². The monoisotopic (exact) mass is 308 g/mol. The van der Waals surface area contributed by atoms with Crippen LogP contribution in [0.4, 0.5) is 10.5 Å². The molecular formula is C15H20N2O3S. The number of piperidine rings is 1. The molecule has 1 aliphatic rings. The minimum absolute atomic E-state index is 0.0564. The van der Waals surface area contributed by atoms with Gasteiger partial charge in [0.15, 0.2) is 0 Å². The Labute approximate surface area is 128 Å². The number of rotatable bonds is 4. The Kier molecular flexibility index (Phi) is 5.50. The number of anilines is 1. The average Bonchev–Trinajstić information content (AvgIpc) is 2.47. The number of carbonyl (C=O) groups excluding carboxylic acids is 1. The zero-order valence-corrected chi connectivity index (χ0v) is 12.9. The lowest BCUT2D eigenvalue weighted by atomic mass is 9.95. The number of carboxylic acids is 1. The normalized spacial score (nSPS) is 18.3. The number of carbonyl (C=O) groups is 2. The molecule has 1 saturated heterocycles. The summed E-state index contributed by atoms with van der Waals surface area (Å²) in [6.45, 7) is 1.20. The Hall–Kier alpha value is -1.69. The van der Waals surface area contributed by atoms with E-state index in [4.69, 9.17) is 5.11 Å². The van der Waals surface area contributed by atoms with Crippen molar-refractivity contribution in [2.45, 2.75) is 24.2 Å². The minimum Gasteiger partial charge on any atom is -0.481 e. The molecule has 2 N–H and O–H groups in total. The SMILES string of the molecule is CSc1ccc(NC(=O)N2CCCC(CC(=O)O)C2)cc1. The van der Waals surface area contributed by atoms with Gasteiger partial charge < -0.3 is 15.3 Å². The van der Waals surface area contributed by atoms with Crippen molar-refractivity contribution in [3.63, 3.8) is 0 Å². The van der Waals surface area contributed by atoms with Gasteiger partial charge in [-0.15, -0.1) is 11.8 Å². The molecule has 1 fully saturated rings. The molecular weight excluding hydrogens is 288 g/mol. The maximum absolute atomic E-state index is 12.2. The number of aliphatic carboxylic acids is 1. The summed E-state index contributed by atoms with van der Waals surface area (Å²) in [5.41, 5.74) is 0.762. The molecule has 1 heterocycles. The fourth-order valence-corrected chi connectivity index (χ4v) is 2.95. The number of nitrogens with zero attached hydrogens (tertiary/aromatic N) is 1. The number of thioether (sulfide) groups is 1. The number of hydrogen-bond donors (Lipinski definition) is 2. The number of hydrogen-bond acceptors (Lipinski definition) is 3. The summed E-state index contributed by atoms with van der Waals surface area (Å²) in [6.07, 6.45) is 3.87. The molecule has 1 aromatic carbocycles. The Morgan fingerprint density at radius 1 is 1.38 bits per heavy atom. The molecule has 1 aliphatic heterocycles. The third-order valence-corrected chi connectivity index (χ3v) is 4.35. The predicted molar refractivity (Wildman–Crippen MR) is 83.8 cm³/mol. The van der Waals surface area contributed by atoms with E-state index in [-0.39, 0.29) is 18.4 Å². The molecule has 0 aliphatic carbocycles. The Balaban J connectivity index is 1.91. The summed E-state index contributed by atoms with van der Waals surface area (Å²) < 4.78 is 0. The van der Waals surface area contributed by atoms with E-state index in [0.29, 0.717) is 13.1 Å². The van der Waals surface area contributed by atoms with Gasteiger partial charge in [0.25, 0.3) is 0 Å². The fraction of sp³-hybridized carbons (Fsp3) is 0.467. The van der Waals surface area contributed by atoms with Gasteiger partial charge >= 0.3 is 12.0 Å². The molecule has 5 nitrogen and oxygen atoms in total. The van der Waals surface area contributed by atoms with E-state index in [1.807, 2.05) is 30.5 Å². The maximum Gasteiger partial charge on any atom is 0.321 e. The van der Waals surface area contributed by atoms with Gasteiger partial charge in [0.05, 0.1) is 0 Å². The molecule has 6 heteroatoms. The smallest absolute Gasteiger partial charge is 0.321 e. The van der Waals surface area contributed by atoms with Crippen LogP contribution >= 0.6 is 11.8 Å². The van der Waals surface area contributed by atoms with Crippen LogP contribution in [0.3, 0.4) is 0 Å². The van der Waals surface area contributed by atoms with E-state index in [2.05, 4.69) is 5.32 Å². The van der Waals surface area contributed by atoms with Crippen molar-refractivity contribution in [3.8, 4) is 0 Å². The average molecular weight is 308 g/mol. The molecule has 114 valence electrons. The van der Waals surface area contributed by atoms with Crippen molar-refractivity contribution >= 4 is 29.4 Å². The van der Waals surface area contributed by atoms with E-state index in [0.717, 1.165) is 23.4 Å². The molecule has 1 atom stereocenters. The summed E-state index contributed by atoms with van der Waals surface area (Å²) >= 11 is 1.65. The van der Waals surface area contributed by atoms with Gasteiger partial charge in [0, 0.05) is 30.1 Å². The first kappa shape index (κ1) is 15.7. The van der Waals surface area contributed by atoms with E-state index in [1.165, 1.54) is 0 Å². The van der Waals surface area contributed by atoms with Gasteiger partial charge in [0.2, 0.25) is 0 Å². The quantitative estimate of drug-likeness (QED) is 0.838. The fourth-order valence-electron chi connectivity index (χ4n) is 2.54. The topological polar surface area (TPSA) is 69.6 Å². The number of amides is 2. The second-order valence-corrected chi connectivity index (χ2v) is 6.09. The molecule has 0 aromatic heterocycles. The number of benzene rings is 1. The molecule has 0 bridgehead atoms. The van der Waals surface area contributed by atoms with Crippen LogP contribution in [0.25, 0.3) is 0 Å². The van der Waals surface area contributed by atoms with E-state index >= 15 is 0 Å². The van der Waals surface area contributed by atoms with E-state index in [9.17, 15) is 9.59 Å². The van der Waals surface area contributed by atoms with Gasteiger partial charge in [-0.05, 0) is 49.3 Å². The second-order valence-electron chi connectivity index (χ2n) is 5.21. The highest BCUT2D eigenvalue weighted by atomic mass is 32.2. The van der Waals surface area contributed by atoms with Crippen molar-refractivity contribution < 1.29 is 14.7 Å². The predicted octanol–water partition coefficient (Wildman–Crippen LogP) is 3.13. The summed E-state index contributed by atoms with van der Waals surface area (Å²) in [5.74, 6) is -0.740. The van der Waals surface area contributed by atoms with Crippen LogP contribution in [0.2, 0.25) is 0 Å². The van der Waals surface area contributed by atoms with Gasteiger partial charge in [-0.25, -0.2) is 4.79 Å². The Bertz CT molecular complexity index is 504. The van der Waals surface area contributed by atoms with Gasteiger partial charge in [-0.1, -0.05) is 0 Å². The van der Waals surface area contributed by atoms with Gasteiger partial charge in [-0.3, -0.25) is 4.79 Å². The molecule has 0 spiro atoms. The lowest BCUT2D eigenvalue weighted by Crippen LogP contribution is -2.42. The molecule has 1 aromatic rings. The van der Waals surface area contributed by atoms with Crippen LogP contribution in [-0.4, -0.2) is 41.4 Å². The molecule has 2 amide bonds. The van der Waals surface area contributed by atoms with Crippen molar-refractivity contribution in [1.82, 2.24) is 4.90 Å². The molecule has 0 radical (unpaired) electrons. The van der Waals surface area contributed by atoms with Crippen LogP contribution in [0.5, 0.6) is 0 Å². The molecule has 2 rings (SSSR count). The zero-order valence-electron chi connectivity index (χ0n) is 12.0. The second kappa shape index (κ2) is 7.36. The summed E-state index contributed by atoms with van der Waals surface area (Å²) in [5, 5.41) is 11.7. The largest absolute Gasteiger partial charge is 0.481 e. The van der Waals surface area contributed by atoms with Crippen molar-refractivity contribution in [3.05, 3.63) is 24.3 Å². The maximum atomic E-state index is 12.2. The zero-order chi connectivity index (χ0) is 15.2.